The molecule has 2 N–H and O–H groups in total. The molecule has 3 aliphatic rings. The van der Waals surface area contributed by atoms with Crippen LogP contribution >= 0.6 is 0 Å². The van der Waals surface area contributed by atoms with Gasteiger partial charge >= 0.3 is 0 Å². The summed E-state index contributed by atoms with van der Waals surface area (Å²) in [7, 11) is 0. The van der Waals surface area contributed by atoms with Crippen molar-refractivity contribution in [1.82, 2.24) is 10.2 Å². The van der Waals surface area contributed by atoms with Gasteiger partial charge in [-0.25, -0.2) is 0 Å². The fraction of sp³-hybridized carbons (Fsp3) is 0.812. The van der Waals surface area contributed by atoms with Gasteiger partial charge in [-0.2, -0.15) is 0 Å². The van der Waals surface area contributed by atoms with E-state index < -0.39 is 0 Å². The van der Waals surface area contributed by atoms with Crippen LogP contribution in [0.25, 0.3) is 0 Å². The van der Waals surface area contributed by atoms with Crippen LogP contribution in [0.2, 0.25) is 0 Å². The van der Waals surface area contributed by atoms with E-state index in [0.29, 0.717) is 12.8 Å². The van der Waals surface area contributed by atoms with Crippen molar-refractivity contribution >= 4 is 17.7 Å². The Balaban J connectivity index is 1.55. The van der Waals surface area contributed by atoms with Crippen LogP contribution in [-0.4, -0.2) is 46.4 Å². The summed E-state index contributed by atoms with van der Waals surface area (Å²) < 4.78 is 0. The smallest absolute Gasteiger partial charge is 0.240 e. The van der Waals surface area contributed by atoms with Gasteiger partial charge in [-0.05, 0) is 38.5 Å². The Morgan fingerprint density at radius 3 is 2.09 bits per heavy atom. The Labute approximate surface area is 130 Å². The van der Waals surface area contributed by atoms with Gasteiger partial charge < -0.3 is 10.4 Å². The molecule has 3 amide bonds. The summed E-state index contributed by atoms with van der Waals surface area (Å²) in [5.74, 6) is -0.979. The average molecular weight is 308 g/mol. The van der Waals surface area contributed by atoms with Gasteiger partial charge in [0.25, 0.3) is 0 Å². The molecule has 0 aromatic rings. The number of nitrogens with zero attached hydrogens (tertiary/aromatic N) is 1. The summed E-state index contributed by atoms with van der Waals surface area (Å²) in [6.45, 7) is -0.149. The first-order valence-electron chi connectivity index (χ1n) is 8.39. The van der Waals surface area contributed by atoms with Crippen molar-refractivity contribution in [3.05, 3.63) is 0 Å². The Hall–Kier alpha value is -1.43. The van der Waals surface area contributed by atoms with Gasteiger partial charge in [0, 0.05) is 6.04 Å². The molecule has 2 unspecified atom stereocenters. The molecule has 0 radical (unpaired) electrons. The first-order valence-corrected chi connectivity index (χ1v) is 8.39. The maximum atomic E-state index is 12.3. The molecule has 2 atom stereocenters. The lowest BCUT2D eigenvalue weighted by Gasteiger charge is -2.26. The largest absolute Gasteiger partial charge is 0.393 e. The van der Waals surface area contributed by atoms with Gasteiger partial charge in [0.05, 0.1) is 17.9 Å². The number of hydrogen-bond acceptors (Lipinski definition) is 4. The van der Waals surface area contributed by atoms with Crippen molar-refractivity contribution in [3.8, 4) is 0 Å². The zero-order chi connectivity index (χ0) is 15.7. The molecule has 6 heteroatoms. The Morgan fingerprint density at radius 1 is 1.00 bits per heavy atom. The van der Waals surface area contributed by atoms with Crippen LogP contribution in [0.5, 0.6) is 0 Å². The van der Waals surface area contributed by atoms with Crippen molar-refractivity contribution in [3.63, 3.8) is 0 Å². The van der Waals surface area contributed by atoms with Crippen molar-refractivity contribution in [1.29, 1.82) is 0 Å². The maximum Gasteiger partial charge on any atom is 0.240 e. The number of carbonyl (C=O) groups is 3. The quantitative estimate of drug-likeness (QED) is 0.747. The number of amides is 3. The van der Waals surface area contributed by atoms with E-state index in [1.165, 1.54) is 0 Å². The van der Waals surface area contributed by atoms with E-state index >= 15 is 0 Å². The van der Waals surface area contributed by atoms with Crippen molar-refractivity contribution in [2.24, 2.45) is 11.8 Å². The number of aliphatic hydroxyl groups excluding tert-OH is 1. The number of imide groups is 1. The van der Waals surface area contributed by atoms with Crippen molar-refractivity contribution < 1.29 is 19.5 Å². The van der Waals surface area contributed by atoms with Crippen molar-refractivity contribution in [2.75, 3.05) is 6.54 Å². The second-order valence-corrected chi connectivity index (χ2v) is 6.83. The van der Waals surface area contributed by atoms with E-state index in [0.717, 1.165) is 43.4 Å². The number of hydrogen-bond donors (Lipinski definition) is 2. The zero-order valence-corrected chi connectivity index (χ0v) is 12.8. The molecule has 0 spiro atoms. The van der Waals surface area contributed by atoms with E-state index in [9.17, 15) is 19.5 Å². The van der Waals surface area contributed by atoms with Crippen LogP contribution in [0.3, 0.4) is 0 Å². The maximum absolute atomic E-state index is 12.3. The number of aliphatic hydroxyl groups is 1. The van der Waals surface area contributed by atoms with Crippen LogP contribution < -0.4 is 5.32 Å². The van der Waals surface area contributed by atoms with Gasteiger partial charge in [-0.15, -0.1) is 0 Å². The summed E-state index contributed by atoms with van der Waals surface area (Å²) in [6.07, 6.45) is 6.14. The summed E-state index contributed by atoms with van der Waals surface area (Å²) in [6, 6.07) is 0.0472. The van der Waals surface area contributed by atoms with E-state index in [1.54, 1.807) is 0 Å². The number of nitrogens with one attached hydrogen (secondary N) is 1. The first-order chi connectivity index (χ1) is 10.6. The van der Waals surface area contributed by atoms with Gasteiger partial charge in [0.2, 0.25) is 17.7 Å². The fourth-order valence-electron chi connectivity index (χ4n) is 4.02. The number of fused-ring (bicyclic) bond motifs is 1. The van der Waals surface area contributed by atoms with E-state index in [-0.39, 0.29) is 48.2 Å². The first kappa shape index (κ1) is 15.5. The standard InChI is InChI=1S/C16H24N2O4/c19-11-7-5-10(6-8-11)17-14(20)9-18-15(21)12-3-1-2-4-13(12)16(18)22/h10-13,19H,1-9H2,(H,17,20). The third kappa shape index (κ3) is 3.02. The van der Waals surface area contributed by atoms with Crippen LogP contribution in [0.15, 0.2) is 0 Å². The topological polar surface area (TPSA) is 86.7 Å². The number of rotatable bonds is 3. The minimum Gasteiger partial charge on any atom is -0.393 e. The molecule has 122 valence electrons. The molecule has 6 nitrogen and oxygen atoms in total. The van der Waals surface area contributed by atoms with E-state index in [4.69, 9.17) is 0 Å². The molecule has 3 fully saturated rings. The third-order valence-corrected chi connectivity index (χ3v) is 5.30. The lowest BCUT2D eigenvalue weighted by atomic mass is 9.81. The summed E-state index contributed by atoms with van der Waals surface area (Å²) in [4.78, 5) is 37.9. The molecule has 3 rings (SSSR count). The predicted octanol–water partition coefficient (Wildman–Crippen LogP) is 0.581. The zero-order valence-electron chi connectivity index (χ0n) is 12.8. The molecule has 0 aromatic heterocycles. The molecule has 0 aromatic carbocycles. The minimum atomic E-state index is -0.266. The minimum absolute atomic E-state index is 0.0472. The molecule has 22 heavy (non-hydrogen) atoms. The highest BCUT2D eigenvalue weighted by molar-refractivity contribution is 6.07. The van der Waals surface area contributed by atoms with Gasteiger partial charge in [-0.3, -0.25) is 19.3 Å². The van der Waals surface area contributed by atoms with Crippen molar-refractivity contribution in [2.45, 2.75) is 63.5 Å². The summed E-state index contributed by atoms with van der Waals surface area (Å²) in [5, 5.41) is 12.4. The van der Waals surface area contributed by atoms with Gasteiger partial charge in [0.15, 0.2) is 0 Å². The van der Waals surface area contributed by atoms with Crippen LogP contribution in [0.4, 0.5) is 0 Å². The fourth-order valence-corrected chi connectivity index (χ4v) is 4.02. The van der Waals surface area contributed by atoms with Gasteiger partial charge in [0.1, 0.15) is 6.54 Å². The Kier molecular flexibility index (Phi) is 4.47. The Morgan fingerprint density at radius 2 is 1.55 bits per heavy atom. The van der Waals surface area contributed by atoms with Crippen LogP contribution in [0, 0.1) is 11.8 Å². The van der Waals surface area contributed by atoms with Gasteiger partial charge in [-0.1, -0.05) is 12.8 Å². The summed E-state index contributed by atoms with van der Waals surface area (Å²) in [5.41, 5.74) is 0. The molecule has 2 aliphatic carbocycles. The molecular weight excluding hydrogens is 284 g/mol. The molecule has 1 heterocycles. The Bertz CT molecular complexity index is 447. The summed E-state index contributed by atoms with van der Waals surface area (Å²) >= 11 is 0. The second kappa shape index (κ2) is 6.36. The molecule has 1 saturated heterocycles. The second-order valence-electron chi connectivity index (χ2n) is 6.83. The molecule has 1 aliphatic heterocycles. The normalized spacial score (nSPS) is 35.4. The highest BCUT2D eigenvalue weighted by Gasteiger charge is 2.48. The lowest BCUT2D eigenvalue weighted by Crippen LogP contribution is -2.45. The lowest BCUT2D eigenvalue weighted by molar-refractivity contribution is -0.143. The van der Waals surface area contributed by atoms with E-state index in [2.05, 4.69) is 5.32 Å². The number of carbonyl (C=O) groups excluding carboxylic acids is 3. The monoisotopic (exact) mass is 308 g/mol. The highest BCUT2D eigenvalue weighted by atomic mass is 16.3. The predicted molar refractivity (Wildman–Crippen MR) is 78.6 cm³/mol. The van der Waals surface area contributed by atoms with E-state index in [1.807, 2.05) is 0 Å². The SMILES string of the molecule is O=C(CN1C(=O)C2CCCCC2C1=O)NC1CCC(O)CC1. The number of likely N-dealkylation sites (tertiary alicyclic amines) is 1. The molecule has 2 saturated carbocycles. The van der Waals surface area contributed by atoms with Crippen LogP contribution in [-0.2, 0) is 14.4 Å². The highest BCUT2D eigenvalue weighted by Crippen LogP contribution is 2.37. The molecular formula is C16H24N2O4. The molecule has 0 bridgehead atoms. The van der Waals surface area contributed by atoms with Crippen LogP contribution in [0.1, 0.15) is 51.4 Å². The third-order valence-electron chi connectivity index (χ3n) is 5.30. The average Bonchev–Trinajstić information content (AvgIpc) is 2.75.